The Bertz CT molecular complexity index is 622. The lowest BCUT2D eigenvalue weighted by molar-refractivity contribution is -0.139. The lowest BCUT2D eigenvalue weighted by Gasteiger charge is -2.42. The normalized spacial score (nSPS) is 20.2. The first-order valence-electron chi connectivity index (χ1n) is 8.80. The number of carboxylic acids is 1. The zero-order chi connectivity index (χ0) is 19.1. The van der Waals surface area contributed by atoms with E-state index in [4.69, 9.17) is 9.84 Å². The van der Waals surface area contributed by atoms with E-state index in [9.17, 15) is 14.0 Å². The highest BCUT2D eigenvalue weighted by molar-refractivity contribution is 5.74. The van der Waals surface area contributed by atoms with Crippen LogP contribution in [-0.2, 0) is 4.79 Å². The number of rotatable bonds is 9. The van der Waals surface area contributed by atoms with Crippen LogP contribution in [0.3, 0.4) is 0 Å². The van der Waals surface area contributed by atoms with Crippen molar-refractivity contribution in [1.82, 2.24) is 15.5 Å². The molecule has 0 aliphatic heterocycles. The second-order valence-electron chi connectivity index (χ2n) is 6.49. The second kappa shape index (κ2) is 9.38. The number of halogens is 1. The fourth-order valence-corrected chi connectivity index (χ4v) is 2.95. The molecule has 8 heteroatoms. The van der Waals surface area contributed by atoms with E-state index in [2.05, 4.69) is 10.6 Å². The van der Waals surface area contributed by atoms with Crippen molar-refractivity contribution in [3.8, 4) is 5.75 Å². The average Bonchev–Trinajstić information content (AvgIpc) is 2.56. The fourth-order valence-electron chi connectivity index (χ4n) is 2.95. The Labute approximate surface area is 152 Å². The third kappa shape index (κ3) is 5.87. The Morgan fingerprint density at radius 1 is 1.38 bits per heavy atom. The number of benzene rings is 1. The molecular formula is C18H26FN3O4. The van der Waals surface area contributed by atoms with Crippen molar-refractivity contribution in [2.75, 3.05) is 19.6 Å². The Balaban J connectivity index is 1.65. The molecule has 1 atom stereocenters. The topological polar surface area (TPSA) is 90.9 Å². The summed E-state index contributed by atoms with van der Waals surface area (Å²) < 4.78 is 19.0. The summed E-state index contributed by atoms with van der Waals surface area (Å²) >= 11 is 0. The van der Waals surface area contributed by atoms with Gasteiger partial charge >= 0.3 is 12.0 Å². The average molecular weight is 367 g/mol. The van der Waals surface area contributed by atoms with E-state index < -0.39 is 11.8 Å². The molecule has 0 aromatic heterocycles. The summed E-state index contributed by atoms with van der Waals surface area (Å²) in [5.74, 6) is -1.13. The van der Waals surface area contributed by atoms with Crippen LogP contribution in [0.1, 0.15) is 26.7 Å². The number of carboxylic acid groups (broad SMARTS) is 1. The van der Waals surface area contributed by atoms with E-state index in [1.54, 1.807) is 19.1 Å². The molecule has 1 unspecified atom stereocenters. The number of hydrogen-bond acceptors (Lipinski definition) is 4. The molecule has 3 N–H and O–H groups in total. The van der Waals surface area contributed by atoms with Crippen LogP contribution in [0.15, 0.2) is 24.3 Å². The van der Waals surface area contributed by atoms with Gasteiger partial charge in [-0.3, -0.25) is 9.69 Å². The van der Waals surface area contributed by atoms with E-state index in [1.807, 2.05) is 11.8 Å². The molecule has 1 aliphatic rings. The van der Waals surface area contributed by atoms with Crippen molar-refractivity contribution in [1.29, 1.82) is 0 Å². The molecule has 1 aromatic rings. The summed E-state index contributed by atoms with van der Waals surface area (Å²) in [4.78, 5) is 24.6. The molecule has 144 valence electrons. The fraction of sp³-hybridized carbons (Fsp3) is 0.556. The Hall–Kier alpha value is -2.35. The molecule has 26 heavy (non-hydrogen) atoms. The molecule has 0 saturated heterocycles. The molecule has 1 saturated carbocycles. The molecule has 1 fully saturated rings. The van der Waals surface area contributed by atoms with Gasteiger partial charge in [-0.2, -0.15) is 0 Å². The van der Waals surface area contributed by atoms with Gasteiger partial charge in [0.1, 0.15) is 6.10 Å². The minimum atomic E-state index is -0.843. The zero-order valence-electron chi connectivity index (χ0n) is 15.1. The van der Waals surface area contributed by atoms with Gasteiger partial charge in [0, 0.05) is 12.1 Å². The number of para-hydroxylation sites is 1. The molecule has 0 spiro atoms. The summed E-state index contributed by atoms with van der Waals surface area (Å²) in [6, 6.07) is 6.04. The van der Waals surface area contributed by atoms with Crippen LogP contribution in [0.5, 0.6) is 5.75 Å². The van der Waals surface area contributed by atoms with E-state index in [1.165, 1.54) is 12.1 Å². The van der Waals surface area contributed by atoms with Gasteiger partial charge in [-0.05, 0) is 38.4 Å². The molecule has 2 amide bonds. The SMILES string of the molecule is CCN(CC(=O)O)C1CC(NC(=O)NCC(C)Oc2ccccc2F)C1. The van der Waals surface area contributed by atoms with E-state index >= 15 is 0 Å². The number of nitrogens with zero attached hydrogens (tertiary/aromatic N) is 1. The summed E-state index contributed by atoms with van der Waals surface area (Å²) in [5, 5.41) is 14.4. The molecule has 1 aliphatic carbocycles. The van der Waals surface area contributed by atoms with Crippen LogP contribution in [0.2, 0.25) is 0 Å². The van der Waals surface area contributed by atoms with E-state index in [0.717, 1.165) is 12.8 Å². The molecular weight excluding hydrogens is 341 g/mol. The highest BCUT2D eigenvalue weighted by atomic mass is 19.1. The van der Waals surface area contributed by atoms with Crippen molar-refractivity contribution in [2.24, 2.45) is 0 Å². The summed E-state index contributed by atoms with van der Waals surface area (Å²) in [6.45, 7) is 4.60. The van der Waals surface area contributed by atoms with Crippen LogP contribution < -0.4 is 15.4 Å². The van der Waals surface area contributed by atoms with Crippen molar-refractivity contribution in [3.05, 3.63) is 30.1 Å². The highest BCUT2D eigenvalue weighted by Gasteiger charge is 2.34. The Morgan fingerprint density at radius 3 is 2.69 bits per heavy atom. The highest BCUT2D eigenvalue weighted by Crippen LogP contribution is 2.25. The van der Waals surface area contributed by atoms with Gasteiger partial charge < -0.3 is 20.5 Å². The number of carbonyl (C=O) groups is 2. The monoisotopic (exact) mass is 367 g/mol. The number of amides is 2. The summed E-state index contributed by atoms with van der Waals surface area (Å²) in [6.07, 6.45) is 1.09. The third-order valence-electron chi connectivity index (χ3n) is 4.42. The predicted molar refractivity (Wildman–Crippen MR) is 94.7 cm³/mol. The maximum atomic E-state index is 13.5. The number of hydrogen-bond donors (Lipinski definition) is 3. The van der Waals surface area contributed by atoms with Gasteiger partial charge in [0.05, 0.1) is 13.1 Å². The zero-order valence-corrected chi connectivity index (χ0v) is 15.1. The van der Waals surface area contributed by atoms with Crippen LogP contribution >= 0.6 is 0 Å². The van der Waals surface area contributed by atoms with Crippen molar-refractivity contribution in [2.45, 2.75) is 44.9 Å². The third-order valence-corrected chi connectivity index (χ3v) is 4.42. The first-order valence-corrected chi connectivity index (χ1v) is 8.80. The lowest BCUT2D eigenvalue weighted by atomic mass is 9.85. The molecule has 0 bridgehead atoms. The quantitative estimate of drug-likeness (QED) is 0.619. The smallest absolute Gasteiger partial charge is 0.317 e. The summed E-state index contributed by atoms with van der Waals surface area (Å²) in [5.41, 5.74) is 0. The lowest BCUT2D eigenvalue weighted by Crippen LogP contribution is -2.56. The van der Waals surface area contributed by atoms with Crippen LogP contribution in [-0.4, -0.2) is 59.8 Å². The maximum Gasteiger partial charge on any atom is 0.317 e. The van der Waals surface area contributed by atoms with Crippen molar-refractivity contribution >= 4 is 12.0 Å². The number of aliphatic carboxylic acids is 1. The number of ether oxygens (including phenoxy) is 1. The van der Waals surface area contributed by atoms with Gasteiger partial charge in [-0.25, -0.2) is 9.18 Å². The number of carbonyl (C=O) groups excluding carboxylic acids is 1. The van der Waals surface area contributed by atoms with Crippen LogP contribution in [0, 0.1) is 5.82 Å². The Morgan fingerprint density at radius 2 is 2.08 bits per heavy atom. The number of nitrogens with one attached hydrogen (secondary N) is 2. The van der Waals surface area contributed by atoms with Gasteiger partial charge in [-0.15, -0.1) is 0 Å². The first-order chi connectivity index (χ1) is 12.4. The van der Waals surface area contributed by atoms with Gasteiger partial charge in [0.25, 0.3) is 0 Å². The van der Waals surface area contributed by atoms with Crippen molar-refractivity contribution < 1.29 is 23.8 Å². The largest absolute Gasteiger partial charge is 0.486 e. The molecule has 7 nitrogen and oxygen atoms in total. The molecule has 0 heterocycles. The van der Waals surface area contributed by atoms with Gasteiger partial charge in [0.2, 0.25) is 0 Å². The van der Waals surface area contributed by atoms with Gasteiger partial charge in [-0.1, -0.05) is 19.1 Å². The summed E-state index contributed by atoms with van der Waals surface area (Å²) in [7, 11) is 0. The second-order valence-corrected chi connectivity index (χ2v) is 6.49. The maximum absolute atomic E-state index is 13.5. The minimum absolute atomic E-state index is 0.0188. The Kier molecular flexibility index (Phi) is 7.20. The standard InChI is InChI=1S/C18H26FN3O4/c1-3-22(11-17(23)24)14-8-13(9-14)21-18(25)20-10-12(2)26-16-7-5-4-6-15(16)19/h4-7,12-14H,3,8-11H2,1-2H3,(H,23,24)(H2,20,21,25). The van der Waals surface area contributed by atoms with E-state index in [0.29, 0.717) is 6.54 Å². The molecule has 0 radical (unpaired) electrons. The molecule has 2 rings (SSSR count). The first kappa shape index (κ1) is 20.0. The van der Waals surface area contributed by atoms with Crippen LogP contribution in [0.4, 0.5) is 9.18 Å². The number of likely N-dealkylation sites (N-methyl/N-ethyl adjacent to an activating group) is 1. The van der Waals surface area contributed by atoms with Crippen molar-refractivity contribution in [3.63, 3.8) is 0 Å². The van der Waals surface area contributed by atoms with E-state index in [-0.39, 0.29) is 43.1 Å². The number of urea groups is 1. The van der Waals surface area contributed by atoms with Crippen LogP contribution in [0.25, 0.3) is 0 Å². The molecule has 1 aromatic carbocycles. The minimum Gasteiger partial charge on any atom is -0.486 e. The van der Waals surface area contributed by atoms with Gasteiger partial charge in [0.15, 0.2) is 11.6 Å². The predicted octanol–water partition coefficient (Wildman–Crippen LogP) is 1.83.